The molecule has 1 aliphatic heterocycles. The number of nitrogens with zero attached hydrogens (tertiary/aromatic N) is 3. The Kier molecular flexibility index (Phi) is 7.01. The van der Waals surface area contributed by atoms with Crippen molar-refractivity contribution in [2.45, 2.75) is 15.2 Å². The maximum atomic E-state index is 5.11. The van der Waals surface area contributed by atoms with Crippen molar-refractivity contribution < 1.29 is 0 Å². The van der Waals surface area contributed by atoms with E-state index >= 15 is 0 Å². The second kappa shape index (κ2) is 12.2. The fourth-order valence-corrected chi connectivity index (χ4v) is 9.99. The van der Waals surface area contributed by atoms with E-state index in [0.29, 0.717) is 17.5 Å². The molecular formula is C50H31N3S. The Balaban J connectivity index is 1.07. The van der Waals surface area contributed by atoms with Crippen LogP contribution in [-0.2, 0) is 5.41 Å². The van der Waals surface area contributed by atoms with Gasteiger partial charge in [-0.1, -0.05) is 194 Å². The molecule has 0 N–H and O–H groups in total. The zero-order valence-electron chi connectivity index (χ0n) is 29.1. The van der Waals surface area contributed by atoms with Crippen molar-refractivity contribution in [2.75, 3.05) is 0 Å². The van der Waals surface area contributed by atoms with Gasteiger partial charge in [-0.2, -0.15) is 0 Å². The van der Waals surface area contributed by atoms with Crippen LogP contribution in [0.4, 0.5) is 0 Å². The largest absolute Gasteiger partial charge is 0.208 e. The minimum Gasteiger partial charge on any atom is -0.208 e. The summed E-state index contributed by atoms with van der Waals surface area (Å²) in [5.41, 5.74) is 12.8. The van der Waals surface area contributed by atoms with Crippen LogP contribution in [0.5, 0.6) is 0 Å². The third-order valence-corrected chi connectivity index (χ3v) is 12.2. The van der Waals surface area contributed by atoms with Crippen LogP contribution >= 0.6 is 11.8 Å². The van der Waals surface area contributed by atoms with E-state index in [4.69, 9.17) is 15.0 Å². The fourth-order valence-electron chi connectivity index (χ4n) is 8.67. The van der Waals surface area contributed by atoms with Crippen molar-refractivity contribution in [3.8, 4) is 56.4 Å². The lowest BCUT2D eigenvalue weighted by Gasteiger charge is -2.40. The third kappa shape index (κ3) is 4.60. The molecule has 0 bridgehead atoms. The van der Waals surface area contributed by atoms with Crippen molar-refractivity contribution in [1.82, 2.24) is 15.0 Å². The van der Waals surface area contributed by atoms with E-state index in [9.17, 15) is 0 Å². The molecule has 1 aliphatic carbocycles. The number of fused-ring (bicyclic) bond motifs is 10. The monoisotopic (exact) mass is 705 g/mol. The SMILES string of the molecule is c1ccc(-c2nc(-c3ccc(-c4cccc5c4Sc4ccccc4C54c5ccccc5-c5ccccc54)cc3)nc(-c3cccc4ccccc34)n2)cc1. The quantitative estimate of drug-likeness (QED) is 0.183. The lowest BCUT2D eigenvalue weighted by atomic mass is 9.67. The number of hydrogen-bond acceptors (Lipinski definition) is 4. The van der Waals surface area contributed by atoms with Crippen molar-refractivity contribution in [2.24, 2.45) is 0 Å². The van der Waals surface area contributed by atoms with Crippen molar-refractivity contribution in [3.05, 3.63) is 210 Å². The molecule has 0 unspecified atom stereocenters. The molecule has 0 amide bonds. The first-order chi connectivity index (χ1) is 26.8. The number of hydrogen-bond donors (Lipinski definition) is 0. The topological polar surface area (TPSA) is 38.7 Å². The summed E-state index contributed by atoms with van der Waals surface area (Å²) in [6, 6.07) is 67.4. The molecule has 4 heteroatoms. The van der Waals surface area contributed by atoms with Gasteiger partial charge >= 0.3 is 0 Å². The van der Waals surface area contributed by atoms with E-state index in [2.05, 4.69) is 170 Å². The van der Waals surface area contributed by atoms with Crippen LogP contribution < -0.4 is 0 Å². The zero-order valence-corrected chi connectivity index (χ0v) is 30.0. The van der Waals surface area contributed by atoms with Crippen LogP contribution in [-0.4, -0.2) is 15.0 Å². The first-order valence-electron chi connectivity index (χ1n) is 18.3. The Morgan fingerprint density at radius 1 is 0.333 bits per heavy atom. The fraction of sp³-hybridized carbons (Fsp3) is 0.0200. The van der Waals surface area contributed by atoms with Crippen LogP contribution in [0.15, 0.2) is 198 Å². The lowest BCUT2D eigenvalue weighted by Crippen LogP contribution is -2.32. The standard InChI is InChI=1S/C50H31N3S/c1-2-15-34(16-3-1)47-51-48(53-49(52-47)40-22-12-17-32-14-4-5-18-36(32)40)35-30-28-33(29-31-35)37-21-13-26-44-46(37)54-45-27-11-10-25-43(45)50(44)41-23-8-6-19-38(41)39-20-7-9-24-42(39)50/h1-31H. The van der Waals surface area contributed by atoms with E-state index in [1.165, 1.54) is 48.7 Å². The molecule has 11 rings (SSSR count). The summed E-state index contributed by atoms with van der Waals surface area (Å²) in [5, 5.41) is 2.27. The van der Waals surface area contributed by atoms with Gasteiger partial charge in [0.1, 0.15) is 0 Å². The van der Waals surface area contributed by atoms with Crippen LogP contribution in [0, 0.1) is 0 Å². The van der Waals surface area contributed by atoms with E-state index in [1.54, 1.807) is 0 Å². The predicted molar refractivity (Wildman–Crippen MR) is 221 cm³/mol. The van der Waals surface area contributed by atoms with Gasteiger partial charge in [0.25, 0.3) is 0 Å². The molecule has 9 aromatic rings. The first-order valence-corrected chi connectivity index (χ1v) is 19.1. The Morgan fingerprint density at radius 3 is 1.59 bits per heavy atom. The van der Waals surface area contributed by atoms with Gasteiger partial charge in [-0.05, 0) is 61.3 Å². The summed E-state index contributed by atoms with van der Waals surface area (Å²) < 4.78 is 0. The van der Waals surface area contributed by atoms with Gasteiger partial charge in [-0.15, -0.1) is 0 Å². The lowest BCUT2D eigenvalue weighted by molar-refractivity contribution is 0.723. The second-order valence-corrected chi connectivity index (χ2v) is 15.0. The Labute approximate surface area is 318 Å². The summed E-state index contributed by atoms with van der Waals surface area (Å²) in [5.74, 6) is 1.96. The summed E-state index contributed by atoms with van der Waals surface area (Å²) in [6.07, 6.45) is 0. The molecule has 1 aromatic heterocycles. The molecule has 3 nitrogen and oxygen atoms in total. The van der Waals surface area contributed by atoms with E-state index in [-0.39, 0.29) is 0 Å². The Hall–Kier alpha value is -6.62. The minimum atomic E-state index is -0.406. The zero-order chi connectivity index (χ0) is 35.6. The first kappa shape index (κ1) is 31.0. The molecule has 2 heterocycles. The highest BCUT2D eigenvalue weighted by Gasteiger charge is 2.50. The second-order valence-electron chi connectivity index (χ2n) is 13.9. The average molecular weight is 706 g/mol. The van der Waals surface area contributed by atoms with Crippen LogP contribution in [0.25, 0.3) is 67.2 Å². The number of rotatable bonds is 4. The molecule has 2 aliphatic rings. The third-order valence-electron chi connectivity index (χ3n) is 11.0. The highest BCUT2D eigenvalue weighted by atomic mass is 32.2. The van der Waals surface area contributed by atoms with Gasteiger partial charge in [0, 0.05) is 26.5 Å². The van der Waals surface area contributed by atoms with E-state index < -0.39 is 5.41 Å². The summed E-state index contributed by atoms with van der Waals surface area (Å²) >= 11 is 1.88. The predicted octanol–water partition coefficient (Wildman–Crippen LogP) is 12.5. The van der Waals surface area contributed by atoms with E-state index in [1.807, 2.05) is 30.0 Å². The maximum Gasteiger partial charge on any atom is 0.164 e. The molecule has 0 saturated carbocycles. The normalized spacial score (nSPS) is 13.3. The minimum absolute atomic E-state index is 0.406. The average Bonchev–Trinajstić information content (AvgIpc) is 3.54. The van der Waals surface area contributed by atoms with Crippen LogP contribution in [0.1, 0.15) is 22.3 Å². The van der Waals surface area contributed by atoms with Crippen molar-refractivity contribution in [3.63, 3.8) is 0 Å². The Morgan fingerprint density at radius 2 is 0.833 bits per heavy atom. The van der Waals surface area contributed by atoms with Crippen LogP contribution in [0.3, 0.4) is 0 Å². The van der Waals surface area contributed by atoms with Gasteiger partial charge < -0.3 is 0 Å². The molecule has 0 fully saturated rings. The smallest absolute Gasteiger partial charge is 0.164 e. The summed E-state index contributed by atoms with van der Waals surface area (Å²) in [6.45, 7) is 0. The van der Waals surface area contributed by atoms with Crippen molar-refractivity contribution >= 4 is 22.5 Å². The van der Waals surface area contributed by atoms with Gasteiger partial charge in [0.05, 0.1) is 5.41 Å². The molecule has 54 heavy (non-hydrogen) atoms. The molecule has 0 atom stereocenters. The van der Waals surface area contributed by atoms with Gasteiger partial charge in [0.15, 0.2) is 17.5 Å². The molecule has 252 valence electrons. The number of benzene rings is 8. The maximum absolute atomic E-state index is 5.11. The molecule has 1 spiro atoms. The summed E-state index contributed by atoms with van der Waals surface area (Å²) in [4.78, 5) is 17.8. The summed E-state index contributed by atoms with van der Waals surface area (Å²) in [7, 11) is 0. The van der Waals surface area contributed by atoms with Gasteiger partial charge in [-0.3, -0.25) is 0 Å². The van der Waals surface area contributed by atoms with E-state index in [0.717, 1.165) is 33.0 Å². The number of aromatic nitrogens is 3. The highest BCUT2D eigenvalue weighted by molar-refractivity contribution is 7.99. The highest BCUT2D eigenvalue weighted by Crippen LogP contribution is 2.63. The van der Waals surface area contributed by atoms with Gasteiger partial charge in [0.2, 0.25) is 0 Å². The molecule has 0 saturated heterocycles. The molecule has 8 aromatic carbocycles. The van der Waals surface area contributed by atoms with Crippen LogP contribution in [0.2, 0.25) is 0 Å². The molecule has 0 radical (unpaired) electrons. The molecular weight excluding hydrogens is 675 g/mol. The van der Waals surface area contributed by atoms with Gasteiger partial charge in [-0.25, -0.2) is 15.0 Å². The Bertz CT molecular complexity index is 2870. The van der Waals surface area contributed by atoms with Crippen molar-refractivity contribution in [1.29, 1.82) is 0 Å².